The Morgan fingerprint density at radius 2 is 2.00 bits per heavy atom. The number of carbonyl (C=O) groups is 1. The van der Waals surface area contributed by atoms with Gasteiger partial charge in [0.05, 0.1) is 6.61 Å². The van der Waals surface area contributed by atoms with Crippen LogP contribution in [0.4, 0.5) is 0 Å². The van der Waals surface area contributed by atoms with Crippen LogP contribution in [0.3, 0.4) is 0 Å². The SMILES string of the molecule is O=C(c1csc(-c2cccc(Cl)c2)n1)N1CCN(Cc2ccc3c(c2)CCO3)CC1. The molecule has 0 aliphatic carbocycles. The second kappa shape index (κ2) is 8.38. The minimum absolute atomic E-state index is 0.00820. The van der Waals surface area contributed by atoms with E-state index >= 15 is 0 Å². The van der Waals surface area contributed by atoms with Crippen LogP contribution in [-0.2, 0) is 13.0 Å². The number of carbonyl (C=O) groups excluding carboxylic acids is 1. The Balaban J connectivity index is 1.19. The Labute approximate surface area is 184 Å². The normalized spacial score (nSPS) is 16.4. The van der Waals surface area contributed by atoms with Crippen LogP contribution in [0.5, 0.6) is 5.75 Å². The highest BCUT2D eigenvalue weighted by Crippen LogP contribution is 2.28. The first-order valence-corrected chi connectivity index (χ1v) is 11.4. The van der Waals surface area contributed by atoms with Gasteiger partial charge in [-0.25, -0.2) is 4.98 Å². The van der Waals surface area contributed by atoms with Crippen molar-refractivity contribution in [1.82, 2.24) is 14.8 Å². The van der Waals surface area contributed by atoms with Gasteiger partial charge in [0.1, 0.15) is 16.5 Å². The van der Waals surface area contributed by atoms with Crippen LogP contribution < -0.4 is 4.74 Å². The van der Waals surface area contributed by atoms with E-state index in [1.165, 1.54) is 22.5 Å². The molecule has 2 aliphatic heterocycles. The van der Waals surface area contributed by atoms with Gasteiger partial charge in [0, 0.05) is 55.1 Å². The van der Waals surface area contributed by atoms with Crippen molar-refractivity contribution in [2.24, 2.45) is 0 Å². The molecule has 0 N–H and O–H groups in total. The van der Waals surface area contributed by atoms with Gasteiger partial charge in [-0.15, -0.1) is 11.3 Å². The largest absolute Gasteiger partial charge is 0.493 e. The van der Waals surface area contributed by atoms with Crippen LogP contribution in [0, 0.1) is 0 Å². The summed E-state index contributed by atoms with van der Waals surface area (Å²) >= 11 is 7.55. The maximum Gasteiger partial charge on any atom is 0.273 e. The van der Waals surface area contributed by atoms with Crippen molar-refractivity contribution in [3.8, 4) is 16.3 Å². The molecular formula is C23H22ClN3O2S. The molecule has 1 aromatic heterocycles. The van der Waals surface area contributed by atoms with Crippen molar-refractivity contribution in [1.29, 1.82) is 0 Å². The molecule has 1 saturated heterocycles. The van der Waals surface area contributed by atoms with Crippen LogP contribution in [0.1, 0.15) is 21.6 Å². The Morgan fingerprint density at radius 1 is 1.13 bits per heavy atom. The molecule has 1 amide bonds. The third-order valence-corrected chi connectivity index (χ3v) is 6.74. The number of benzene rings is 2. The minimum atomic E-state index is 0.00820. The van der Waals surface area contributed by atoms with Gasteiger partial charge in [0.15, 0.2) is 0 Å². The van der Waals surface area contributed by atoms with Crippen molar-refractivity contribution in [3.63, 3.8) is 0 Å². The van der Waals surface area contributed by atoms with Gasteiger partial charge in [0.2, 0.25) is 0 Å². The lowest BCUT2D eigenvalue weighted by Crippen LogP contribution is -2.48. The van der Waals surface area contributed by atoms with Crippen molar-refractivity contribution in [2.45, 2.75) is 13.0 Å². The zero-order chi connectivity index (χ0) is 20.5. The summed E-state index contributed by atoms with van der Waals surface area (Å²) in [6, 6.07) is 14.0. The van der Waals surface area contributed by atoms with Gasteiger partial charge in [-0.3, -0.25) is 9.69 Å². The third kappa shape index (κ3) is 4.08. The highest BCUT2D eigenvalue weighted by molar-refractivity contribution is 7.13. The van der Waals surface area contributed by atoms with Crippen molar-refractivity contribution < 1.29 is 9.53 Å². The molecule has 154 valence electrons. The Hall–Kier alpha value is -2.41. The zero-order valence-corrected chi connectivity index (χ0v) is 18.1. The fraction of sp³-hybridized carbons (Fsp3) is 0.304. The van der Waals surface area contributed by atoms with E-state index in [2.05, 4.69) is 28.1 Å². The summed E-state index contributed by atoms with van der Waals surface area (Å²) in [5, 5.41) is 3.33. The summed E-state index contributed by atoms with van der Waals surface area (Å²) < 4.78 is 5.59. The van der Waals surface area contributed by atoms with E-state index in [0.717, 1.165) is 62.1 Å². The zero-order valence-electron chi connectivity index (χ0n) is 16.5. The predicted octanol–water partition coefficient (Wildman–Crippen LogP) is 4.36. The molecule has 0 radical (unpaired) electrons. The highest BCUT2D eigenvalue weighted by atomic mass is 35.5. The van der Waals surface area contributed by atoms with Crippen LogP contribution in [0.2, 0.25) is 5.02 Å². The topological polar surface area (TPSA) is 45.7 Å². The molecular weight excluding hydrogens is 418 g/mol. The van der Waals surface area contributed by atoms with E-state index < -0.39 is 0 Å². The Kier molecular flexibility index (Phi) is 5.46. The average Bonchev–Trinajstić information content (AvgIpc) is 3.43. The number of amides is 1. The smallest absolute Gasteiger partial charge is 0.273 e. The Bertz CT molecular complexity index is 1080. The summed E-state index contributed by atoms with van der Waals surface area (Å²) in [5.74, 6) is 1.03. The fourth-order valence-corrected chi connectivity index (χ4v) is 4.97. The Morgan fingerprint density at radius 3 is 2.83 bits per heavy atom. The molecule has 0 bridgehead atoms. The van der Waals surface area contributed by atoms with Crippen molar-refractivity contribution in [2.75, 3.05) is 32.8 Å². The summed E-state index contributed by atoms with van der Waals surface area (Å²) in [6.45, 7) is 4.86. The molecule has 5 rings (SSSR count). The van der Waals surface area contributed by atoms with Crippen LogP contribution in [0.15, 0.2) is 47.8 Å². The molecule has 2 aliphatic rings. The number of ether oxygens (including phenoxy) is 1. The number of hydrogen-bond donors (Lipinski definition) is 0. The first-order chi connectivity index (χ1) is 14.7. The minimum Gasteiger partial charge on any atom is -0.493 e. The fourth-order valence-electron chi connectivity index (χ4n) is 3.99. The lowest BCUT2D eigenvalue weighted by atomic mass is 10.1. The summed E-state index contributed by atoms with van der Waals surface area (Å²) in [4.78, 5) is 21.8. The molecule has 1 fully saturated rings. The first kappa shape index (κ1) is 19.5. The van der Waals surface area contributed by atoms with E-state index in [1.54, 1.807) is 0 Å². The van der Waals surface area contributed by atoms with Gasteiger partial charge >= 0.3 is 0 Å². The maximum atomic E-state index is 12.9. The molecule has 0 saturated carbocycles. The monoisotopic (exact) mass is 439 g/mol. The second-order valence-corrected chi connectivity index (χ2v) is 8.95. The lowest BCUT2D eigenvalue weighted by molar-refractivity contribution is 0.0623. The van der Waals surface area contributed by atoms with Gasteiger partial charge in [-0.1, -0.05) is 35.9 Å². The van der Waals surface area contributed by atoms with Crippen molar-refractivity contribution in [3.05, 3.63) is 69.7 Å². The average molecular weight is 440 g/mol. The number of piperazine rings is 1. The van der Waals surface area contributed by atoms with E-state index in [-0.39, 0.29) is 5.91 Å². The number of aromatic nitrogens is 1. The molecule has 0 atom stereocenters. The number of hydrogen-bond acceptors (Lipinski definition) is 5. The van der Waals surface area contributed by atoms with Gasteiger partial charge in [-0.05, 0) is 29.3 Å². The standard InChI is InChI=1S/C23H22ClN3O2S/c24-19-3-1-2-18(13-19)22-25-20(15-30-22)23(28)27-9-7-26(8-10-27)14-16-4-5-21-17(12-16)6-11-29-21/h1-5,12-13,15H,6-11,14H2. The van der Waals surface area contributed by atoms with E-state index in [4.69, 9.17) is 16.3 Å². The molecule has 3 heterocycles. The van der Waals surface area contributed by atoms with Gasteiger partial charge < -0.3 is 9.64 Å². The predicted molar refractivity (Wildman–Crippen MR) is 119 cm³/mol. The van der Waals surface area contributed by atoms with Crippen LogP contribution in [-0.4, -0.2) is 53.5 Å². The van der Waals surface area contributed by atoms with Gasteiger partial charge in [0.25, 0.3) is 5.91 Å². The molecule has 0 unspecified atom stereocenters. The maximum absolute atomic E-state index is 12.9. The first-order valence-electron chi connectivity index (χ1n) is 10.1. The molecule has 3 aromatic rings. The summed E-state index contributed by atoms with van der Waals surface area (Å²) in [7, 11) is 0. The van der Waals surface area contributed by atoms with Gasteiger partial charge in [-0.2, -0.15) is 0 Å². The second-order valence-electron chi connectivity index (χ2n) is 7.66. The quantitative estimate of drug-likeness (QED) is 0.606. The van der Waals surface area contributed by atoms with Crippen LogP contribution >= 0.6 is 22.9 Å². The van der Waals surface area contributed by atoms with E-state index in [9.17, 15) is 4.79 Å². The lowest BCUT2D eigenvalue weighted by Gasteiger charge is -2.34. The highest BCUT2D eigenvalue weighted by Gasteiger charge is 2.24. The molecule has 30 heavy (non-hydrogen) atoms. The number of halogens is 1. The van der Waals surface area contributed by atoms with Crippen molar-refractivity contribution >= 4 is 28.8 Å². The molecule has 7 heteroatoms. The molecule has 5 nitrogen and oxygen atoms in total. The molecule has 2 aromatic carbocycles. The van der Waals surface area contributed by atoms with E-state index in [0.29, 0.717) is 10.7 Å². The number of rotatable bonds is 4. The molecule has 0 spiro atoms. The third-order valence-electron chi connectivity index (χ3n) is 5.61. The number of thiazole rings is 1. The summed E-state index contributed by atoms with van der Waals surface area (Å²) in [5.41, 5.74) is 4.07. The van der Waals surface area contributed by atoms with Crippen LogP contribution in [0.25, 0.3) is 10.6 Å². The summed E-state index contributed by atoms with van der Waals surface area (Å²) in [6.07, 6.45) is 0.996. The van der Waals surface area contributed by atoms with E-state index in [1.807, 2.05) is 34.5 Å². The number of nitrogens with zero attached hydrogens (tertiary/aromatic N) is 3. The number of fused-ring (bicyclic) bond motifs is 1.